The number of hydrogen-bond acceptors (Lipinski definition) is 4. The van der Waals surface area contributed by atoms with Crippen LogP contribution >= 0.6 is 23.5 Å². The maximum atomic E-state index is 3.60. The zero-order valence-electron chi connectivity index (χ0n) is 11.2. The van der Waals surface area contributed by atoms with E-state index in [4.69, 9.17) is 0 Å². The third-order valence-electron chi connectivity index (χ3n) is 2.71. The highest BCUT2D eigenvalue weighted by atomic mass is 32.2. The van der Waals surface area contributed by atoms with Crippen molar-refractivity contribution in [3.05, 3.63) is 0 Å². The summed E-state index contributed by atoms with van der Waals surface area (Å²) in [4.78, 5) is 0. The average molecular weight is 265 g/mol. The molecule has 0 fully saturated rings. The molecule has 2 nitrogen and oxygen atoms in total. The highest BCUT2D eigenvalue weighted by Crippen LogP contribution is 2.01. The summed E-state index contributed by atoms with van der Waals surface area (Å²) in [5.41, 5.74) is 0. The van der Waals surface area contributed by atoms with Gasteiger partial charge in [0.05, 0.1) is 0 Å². The molecule has 0 bridgehead atoms. The molecular formula is C12H28N2S2. The van der Waals surface area contributed by atoms with Crippen LogP contribution in [0, 0.1) is 0 Å². The topological polar surface area (TPSA) is 24.1 Å². The van der Waals surface area contributed by atoms with Gasteiger partial charge in [0.15, 0.2) is 0 Å². The predicted octanol–water partition coefficient (Wildman–Crippen LogP) is 2.45. The molecule has 0 aliphatic rings. The monoisotopic (exact) mass is 264 g/mol. The molecule has 0 rings (SSSR count). The van der Waals surface area contributed by atoms with Crippen molar-refractivity contribution in [2.45, 2.75) is 38.8 Å². The van der Waals surface area contributed by atoms with Gasteiger partial charge in [-0.1, -0.05) is 13.8 Å². The lowest BCUT2D eigenvalue weighted by Gasteiger charge is -2.19. The van der Waals surface area contributed by atoms with E-state index in [-0.39, 0.29) is 0 Å². The van der Waals surface area contributed by atoms with Crippen molar-refractivity contribution >= 4 is 23.5 Å². The second-order valence-electron chi connectivity index (χ2n) is 4.03. The largest absolute Gasteiger partial charge is 0.312 e. The molecule has 2 atom stereocenters. The Kier molecular flexibility index (Phi) is 12.6. The van der Waals surface area contributed by atoms with Crippen molar-refractivity contribution in [2.24, 2.45) is 0 Å². The predicted molar refractivity (Wildman–Crippen MR) is 80.9 cm³/mol. The molecule has 2 N–H and O–H groups in total. The summed E-state index contributed by atoms with van der Waals surface area (Å²) in [6.07, 6.45) is 6.80. The second kappa shape index (κ2) is 12.1. The van der Waals surface area contributed by atoms with Crippen molar-refractivity contribution in [3.63, 3.8) is 0 Å². The van der Waals surface area contributed by atoms with Gasteiger partial charge in [0.25, 0.3) is 0 Å². The van der Waals surface area contributed by atoms with Crippen LogP contribution in [0.1, 0.15) is 26.7 Å². The first kappa shape index (κ1) is 16.6. The molecule has 0 saturated carbocycles. The molecule has 98 valence electrons. The highest BCUT2D eigenvalue weighted by Gasteiger charge is 2.05. The minimum Gasteiger partial charge on any atom is -0.312 e. The lowest BCUT2D eigenvalue weighted by Crippen LogP contribution is -2.40. The summed E-state index contributed by atoms with van der Waals surface area (Å²) in [6, 6.07) is 1.36. The van der Waals surface area contributed by atoms with Crippen LogP contribution in [-0.2, 0) is 0 Å². The average Bonchev–Trinajstić information content (AvgIpc) is 2.31. The third kappa shape index (κ3) is 8.74. The minimum atomic E-state index is 0.678. The Morgan fingerprint density at radius 1 is 0.812 bits per heavy atom. The SMILES string of the molecule is CCC(CSC)NCCNC(CC)CSC. The summed E-state index contributed by atoms with van der Waals surface area (Å²) in [7, 11) is 0. The normalized spacial score (nSPS) is 15.0. The van der Waals surface area contributed by atoms with Crippen LogP contribution in [0.2, 0.25) is 0 Å². The van der Waals surface area contributed by atoms with Gasteiger partial charge in [0.1, 0.15) is 0 Å². The maximum Gasteiger partial charge on any atom is 0.0156 e. The summed E-state index contributed by atoms with van der Waals surface area (Å²) in [5, 5.41) is 7.20. The fourth-order valence-corrected chi connectivity index (χ4v) is 3.11. The van der Waals surface area contributed by atoms with Gasteiger partial charge in [-0.25, -0.2) is 0 Å². The molecule has 0 aromatic rings. The Morgan fingerprint density at radius 2 is 1.19 bits per heavy atom. The van der Waals surface area contributed by atoms with Crippen molar-refractivity contribution in [1.29, 1.82) is 0 Å². The highest BCUT2D eigenvalue weighted by molar-refractivity contribution is 7.98. The number of hydrogen-bond donors (Lipinski definition) is 2. The fourth-order valence-electron chi connectivity index (χ4n) is 1.60. The Morgan fingerprint density at radius 3 is 1.44 bits per heavy atom. The van der Waals surface area contributed by atoms with Crippen molar-refractivity contribution in [3.8, 4) is 0 Å². The van der Waals surface area contributed by atoms with Gasteiger partial charge >= 0.3 is 0 Å². The molecule has 2 unspecified atom stereocenters. The number of thioether (sulfide) groups is 2. The molecule has 0 aliphatic heterocycles. The van der Waals surface area contributed by atoms with E-state index in [2.05, 4.69) is 37.0 Å². The number of rotatable bonds is 11. The lowest BCUT2D eigenvalue weighted by molar-refractivity contribution is 0.487. The molecule has 0 spiro atoms. The van der Waals surface area contributed by atoms with Gasteiger partial charge in [-0.2, -0.15) is 23.5 Å². The summed E-state index contributed by atoms with van der Waals surface area (Å²) >= 11 is 3.85. The first-order valence-electron chi connectivity index (χ1n) is 6.23. The molecule has 0 aromatic heterocycles. The van der Waals surface area contributed by atoms with Crippen LogP contribution in [0.3, 0.4) is 0 Å². The summed E-state index contributed by atoms with van der Waals surface area (Å²) in [6.45, 7) is 6.68. The first-order chi connectivity index (χ1) is 7.78. The van der Waals surface area contributed by atoms with Crippen LogP contribution in [0.25, 0.3) is 0 Å². The van der Waals surface area contributed by atoms with E-state index in [1.807, 2.05) is 23.5 Å². The van der Waals surface area contributed by atoms with Crippen molar-refractivity contribution in [2.75, 3.05) is 37.1 Å². The Labute approximate surface area is 110 Å². The van der Waals surface area contributed by atoms with Gasteiger partial charge in [-0.3, -0.25) is 0 Å². The second-order valence-corrected chi connectivity index (χ2v) is 5.85. The van der Waals surface area contributed by atoms with E-state index < -0.39 is 0 Å². The molecule has 4 heteroatoms. The van der Waals surface area contributed by atoms with Gasteiger partial charge in [-0.15, -0.1) is 0 Å². The Hall–Kier alpha value is 0.620. The smallest absolute Gasteiger partial charge is 0.0156 e. The molecule has 0 amide bonds. The maximum absolute atomic E-state index is 3.60. The van der Waals surface area contributed by atoms with Gasteiger partial charge in [0, 0.05) is 36.7 Å². The molecule has 0 aromatic carbocycles. The Bertz CT molecular complexity index is 129. The van der Waals surface area contributed by atoms with Crippen LogP contribution in [0.5, 0.6) is 0 Å². The summed E-state index contributed by atoms with van der Waals surface area (Å²) in [5.74, 6) is 2.44. The van der Waals surface area contributed by atoms with E-state index in [1.165, 1.54) is 24.3 Å². The van der Waals surface area contributed by atoms with Crippen LogP contribution in [-0.4, -0.2) is 49.2 Å². The minimum absolute atomic E-state index is 0.678. The first-order valence-corrected chi connectivity index (χ1v) is 9.01. The molecule has 0 saturated heterocycles. The molecular weight excluding hydrogens is 236 g/mol. The lowest BCUT2D eigenvalue weighted by atomic mass is 10.2. The molecule has 16 heavy (non-hydrogen) atoms. The van der Waals surface area contributed by atoms with E-state index >= 15 is 0 Å². The van der Waals surface area contributed by atoms with E-state index in [0.717, 1.165) is 13.1 Å². The van der Waals surface area contributed by atoms with E-state index in [9.17, 15) is 0 Å². The van der Waals surface area contributed by atoms with Gasteiger partial charge in [-0.05, 0) is 25.4 Å². The van der Waals surface area contributed by atoms with Gasteiger partial charge < -0.3 is 10.6 Å². The molecule has 0 aliphatic carbocycles. The molecule has 0 radical (unpaired) electrons. The number of nitrogens with one attached hydrogen (secondary N) is 2. The quantitative estimate of drug-likeness (QED) is 0.560. The zero-order valence-corrected chi connectivity index (χ0v) is 12.8. The Balaban J connectivity index is 3.48. The van der Waals surface area contributed by atoms with Crippen molar-refractivity contribution < 1.29 is 0 Å². The van der Waals surface area contributed by atoms with Gasteiger partial charge in [0.2, 0.25) is 0 Å². The van der Waals surface area contributed by atoms with Crippen LogP contribution < -0.4 is 10.6 Å². The van der Waals surface area contributed by atoms with E-state index in [0.29, 0.717) is 12.1 Å². The summed E-state index contributed by atoms with van der Waals surface area (Å²) < 4.78 is 0. The standard InChI is InChI=1S/C12H28N2S2/c1-5-11(9-15-3)13-7-8-14-12(6-2)10-16-4/h11-14H,5-10H2,1-4H3. The fraction of sp³-hybridized carbons (Fsp3) is 1.00. The van der Waals surface area contributed by atoms with Crippen molar-refractivity contribution in [1.82, 2.24) is 10.6 Å². The zero-order chi connectivity index (χ0) is 12.2. The molecule has 0 heterocycles. The van der Waals surface area contributed by atoms with Crippen LogP contribution in [0.15, 0.2) is 0 Å². The van der Waals surface area contributed by atoms with E-state index in [1.54, 1.807) is 0 Å². The third-order valence-corrected chi connectivity index (χ3v) is 4.18. The van der Waals surface area contributed by atoms with Crippen LogP contribution in [0.4, 0.5) is 0 Å².